The minimum Gasteiger partial charge on any atom is -0.467 e. The van der Waals surface area contributed by atoms with Crippen molar-refractivity contribution in [1.82, 2.24) is 14.7 Å². The molecule has 0 saturated carbocycles. The molecule has 8 heteroatoms. The number of aromatic nitrogens is 2. The van der Waals surface area contributed by atoms with Crippen molar-refractivity contribution in [3.05, 3.63) is 41.1 Å². The van der Waals surface area contributed by atoms with Gasteiger partial charge in [-0.05, 0) is 44.0 Å². The third kappa shape index (κ3) is 4.84. The van der Waals surface area contributed by atoms with Gasteiger partial charge in [-0.2, -0.15) is 5.10 Å². The third-order valence-corrected chi connectivity index (χ3v) is 5.17. The molecule has 31 heavy (non-hydrogen) atoms. The average molecular weight is 429 g/mol. The minimum atomic E-state index is -0.736. The molecule has 3 rings (SSSR count). The Bertz CT molecular complexity index is 998. The number of anilines is 1. The van der Waals surface area contributed by atoms with E-state index in [4.69, 9.17) is 15.2 Å². The summed E-state index contributed by atoms with van der Waals surface area (Å²) in [4.78, 5) is 26.6. The number of fused-ring (bicyclic) bond motifs is 1. The monoisotopic (exact) mass is 428 g/mol. The highest BCUT2D eigenvalue weighted by Crippen LogP contribution is 2.30. The summed E-state index contributed by atoms with van der Waals surface area (Å²) in [5.74, 6) is 0.0730. The van der Waals surface area contributed by atoms with Crippen LogP contribution in [0.5, 0.6) is 0 Å². The molecule has 2 heterocycles. The number of hydrogen-bond donors (Lipinski definition) is 1. The highest BCUT2D eigenvalue weighted by Gasteiger charge is 2.38. The number of rotatable bonds is 2. The number of carbonyl (C=O) groups is 2. The van der Waals surface area contributed by atoms with Crippen molar-refractivity contribution in [3.8, 4) is 5.69 Å². The Morgan fingerprint density at radius 3 is 2.32 bits per heavy atom. The fraction of sp³-hybridized carbons (Fsp3) is 0.522. The molecule has 0 fully saturated rings. The van der Waals surface area contributed by atoms with E-state index in [1.807, 2.05) is 24.3 Å². The molecular weight excluding hydrogens is 396 g/mol. The van der Waals surface area contributed by atoms with Gasteiger partial charge in [-0.25, -0.2) is 14.3 Å². The predicted octanol–water partition coefficient (Wildman–Crippen LogP) is 3.59. The van der Waals surface area contributed by atoms with Gasteiger partial charge in [0.1, 0.15) is 17.5 Å². The van der Waals surface area contributed by atoms with E-state index in [1.54, 1.807) is 25.5 Å². The van der Waals surface area contributed by atoms with Crippen molar-refractivity contribution in [2.75, 3.05) is 12.8 Å². The zero-order valence-corrected chi connectivity index (χ0v) is 19.4. The average Bonchev–Trinajstić information content (AvgIpc) is 3.06. The zero-order valence-electron chi connectivity index (χ0n) is 19.4. The van der Waals surface area contributed by atoms with Gasteiger partial charge in [0.2, 0.25) is 0 Å². The van der Waals surface area contributed by atoms with Crippen molar-refractivity contribution in [3.63, 3.8) is 0 Å². The predicted molar refractivity (Wildman–Crippen MR) is 118 cm³/mol. The number of nitrogen functional groups attached to an aromatic ring is 1. The van der Waals surface area contributed by atoms with Crippen LogP contribution in [0.2, 0.25) is 0 Å². The Morgan fingerprint density at radius 1 is 1.10 bits per heavy atom. The molecule has 1 aliphatic heterocycles. The van der Waals surface area contributed by atoms with Crippen LogP contribution >= 0.6 is 0 Å². The highest BCUT2D eigenvalue weighted by atomic mass is 16.6. The van der Waals surface area contributed by atoms with Crippen LogP contribution in [-0.2, 0) is 32.6 Å². The number of hydrogen-bond acceptors (Lipinski definition) is 6. The van der Waals surface area contributed by atoms with Gasteiger partial charge >= 0.3 is 12.1 Å². The summed E-state index contributed by atoms with van der Waals surface area (Å²) >= 11 is 0. The van der Waals surface area contributed by atoms with E-state index in [1.165, 1.54) is 12.0 Å². The maximum absolute atomic E-state index is 12.8. The summed E-state index contributed by atoms with van der Waals surface area (Å²) in [7, 11) is 1.32. The number of methoxy groups -OCH3 is 1. The van der Waals surface area contributed by atoms with Crippen LogP contribution in [0.15, 0.2) is 24.3 Å². The van der Waals surface area contributed by atoms with Crippen molar-refractivity contribution in [2.24, 2.45) is 0 Å². The Balaban J connectivity index is 1.98. The number of nitrogens with two attached hydrogens (primary N) is 1. The molecule has 1 amide bonds. The minimum absolute atomic E-state index is 0.130. The Hall–Kier alpha value is -3.03. The SMILES string of the molecule is COC(=O)[C@@H]1Cc2ccc(-n3nc(C(C)(C)C)cc3N)cc2CN1C(=O)OC(C)(C)C. The van der Waals surface area contributed by atoms with Crippen molar-refractivity contribution in [2.45, 2.75) is 71.6 Å². The van der Waals surface area contributed by atoms with Gasteiger partial charge in [-0.15, -0.1) is 0 Å². The smallest absolute Gasteiger partial charge is 0.411 e. The van der Waals surface area contributed by atoms with Gasteiger partial charge in [0, 0.05) is 17.9 Å². The van der Waals surface area contributed by atoms with Crippen molar-refractivity contribution in [1.29, 1.82) is 0 Å². The Morgan fingerprint density at radius 2 is 1.77 bits per heavy atom. The van der Waals surface area contributed by atoms with Crippen LogP contribution in [0.1, 0.15) is 58.4 Å². The van der Waals surface area contributed by atoms with E-state index in [0.29, 0.717) is 12.2 Å². The second-order valence-electron chi connectivity index (χ2n) is 9.92. The number of benzene rings is 1. The van der Waals surface area contributed by atoms with Crippen LogP contribution in [0.25, 0.3) is 5.69 Å². The fourth-order valence-corrected chi connectivity index (χ4v) is 3.53. The lowest BCUT2D eigenvalue weighted by Crippen LogP contribution is -2.50. The maximum atomic E-state index is 12.8. The summed E-state index contributed by atoms with van der Waals surface area (Å²) < 4.78 is 12.2. The molecule has 0 unspecified atom stereocenters. The molecule has 0 bridgehead atoms. The first-order valence-electron chi connectivity index (χ1n) is 10.4. The normalized spacial score (nSPS) is 16.6. The van der Waals surface area contributed by atoms with E-state index in [0.717, 1.165) is 22.5 Å². The molecule has 168 valence electrons. The number of carbonyl (C=O) groups excluding carboxylic acids is 2. The topological polar surface area (TPSA) is 99.7 Å². The summed E-state index contributed by atoms with van der Waals surface area (Å²) in [6.07, 6.45) is -0.198. The van der Waals surface area contributed by atoms with E-state index in [2.05, 4.69) is 25.9 Å². The summed E-state index contributed by atoms with van der Waals surface area (Å²) in [5.41, 5.74) is 9.00. The van der Waals surface area contributed by atoms with Crippen molar-refractivity contribution < 1.29 is 19.1 Å². The number of nitrogens with zero attached hydrogens (tertiary/aromatic N) is 3. The second-order valence-corrected chi connectivity index (χ2v) is 9.92. The molecule has 1 aliphatic rings. The van der Waals surface area contributed by atoms with Crippen molar-refractivity contribution >= 4 is 17.9 Å². The third-order valence-electron chi connectivity index (χ3n) is 5.17. The summed E-state index contributed by atoms with van der Waals surface area (Å²) in [5, 5.41) is 4.67. The molecule has 1 aromatic heterocycles. The molecule has 1 aromatic carbocycles. The lowest BCUT2D eigenvalue weighted by molar-refractivity contribution is -0.147. The van der Waals surface area contributed by atoms with E-state index in [9.17, 15) is 9.59 Å². The highest BCUT2D eigenvalue weighted by molar-refractivity contribution is 5.82. The van der Waals surface area contributed by atoms with Crippen LogP contribution in [-0.4, -0.2) is 45.5 Å². The molecule has 0 aliphatic carbocycles. The summed E-state index contributed by atoms with van der Waals surface area (Å²) in [6, 6.07) is 6.97. The molecule has 2 N–H and O–H groups in total. The molecule has 0 spiro atoms. The van der Waals surface area contributed by atoms with Crippen LogP contribution in [0.3, 0.4) is 0 Å². The first-order chi connectivity index (χ1) is 14.3. The first-order valence-corrected chi connectivity index (χ1v) is 10.4. The molecule has 2 aromatic rings. The molecule has 0 radical (unpaired) electrons. The lowest BCUT2D eigenvalue weighted by atomic mass is 9.92. The molecule has 8 nitrogen and oxygen atoms in total. The molecule has 0 saturated heterocycles. The van der Waals surface area contributed by atoms with E-state index < -0.39 is 23.7 Å². The number of ether oxygens (including phenoxy) is 2. The second kappa shape index (κ2) is 7.90. The van der Waals surface area contributed by atoms with Gasteiger partial charge in [-0.1, -0.05) is 26.8 Å². The summed E-state index contributed by atoms with van der Waals surface area (Å²) in [6.45, 7) is 11.8. The maximum Gasteiger partial charge on any atom is 0.411 e. The van der Waals surface area contributed by atoms with E-state index in [-0.39, 0.29) is 12.0 Å². The van der Waals surface area contributed by atoms with Gasteiger partial charge in [0.05, 0.1) is 25.0 Å². The molecular formula is C23H32N4O4. The van der Waals surface area contributed by atoms with Crippen LogP contribution in [0.4, 0.5) is 10.6 Å². The standard InChI is InChI=1S/C23H32N4O4/c1-22(2,3)18-12-19(24)27(25-18)16-9-8-14-11-17(20(28)30-7)26(13-15(14)10-16)21(29)31-23(4,5)6/h8-10,12,17H,11,13,24H2,1-7H3/t17-/m0/s1. The van der Waals surface area contributed by atoms with Crippen LogP contribution < -0.4 is 5.73 Å². The lowest BCUT2D eigenvalue weighted by Gasteiger charge is -2.36. The number of esters is 1. The Kier molecular flexibility index (Phi) is 5.78. The van der Waals surface area contributed by atoms with E-state index >= 15 is 0 Å². The quantitative estimate of drug-likeness (QED) is 0.734. The van der Waals surface area contributed by atoms with Gasteiger partial charge in [-0.3, -0.25) is 4.90 Å². The Labute approximate surface area is 183 Å². The van der Waals surface area contributed by atoms with Crippen LogP contribution in [0, 0.1) is 0 Å². The van der Waals surface area contributed by atoms with Gasteiger partial charge in [0.15, 0.2) is 0 Å². The number of amides is 1. The molecule has 1 atom stereocenters. The van der Waals surface area contributed by atoms with Gasteiger partial charge in [0.25, 0.3) is 0 Å². The fourth-order valence-electron chi connectivity index (χ4n) is 3.53. The zero-order chi connectivity index (χ0) is 23.1. The largest absolute Gasteiger partial charge is 0.467 e. The van der Waals surface area contributed by atoms with Gasteiger partial charge < -0.3 is 15.2 Å². The first kappa shape index (κ1) is 22.7.